The van der Waals surface area contributed by atoms with E-state index in [0.29, 0.717) is 6.42 Å². The van der Waals surface area contributed by atoms with Gasteiger partial charge < -0.3 is 15.1 Å². The van der Waals surface area contributed by atoms with Gasteiger partial charge in [-0.15, -0.1) is 0 Å². The maximum Gasteiger partial charge on any atom is 0.228 e. The molecule has 0 radical (unpaired) electrons. The summed E-state index contributed by atoms with van der Waals surface area (Å²) >= 11 is 0. The van der Waals surface area contributed by atoms with Gasteiger partial charge >= 0.3 is 0 Å². The number of aryl methyl sites for hydroxylation is 1. The van der Waals surface area contributed by atoms with E-state index >= 15 is 0 Å². The molecule has 1 fully saturated rings. The Labute approximate surface area is 157 Å². The van der Waals surface area contributed by atoms with Crippen LogP contribution in [0, 0.1) is 18.8 Å². The Hall–Kier alpha value is -2.04. The lowest BCUT2D eigenvalue weighted by Gasteiger charge is -2.22. The molecule has 2 rings (SSSR count). The summed E-state index contributed by atoms with van der Waals surface area (Å²) in [5.74, 6) is -0.265. The molecule has 26 heavy (non-hydrogen) atoms. The highest BCUT2D eigenvalue weighted by atomic mass is 16.2. The molecule has 2 amide bonds. The third-order valence-electron chi connectivity index (χ3n) is 5.26. The quantitative estimate of drug-likeness (QED) is 0.732. The molecule has 1 N–H and O–H groups in total. The van der Waals surface area contributed by atoms with Crippen LogP contribution < -0.4 is 10.2 Å². The number of hydrogen-bond acceptors (Lipinski definition) is 3. The molecular formula is C21H33N3O2. The molecule has 2 unspecified atom stereocenters. The summed E-state index contributed by atoms with van der Waals surface area (Å²) < 4.78 is 0. The Morgan fingerprint density at radius 1 is 1.15 bits per heavy atom. The van der Waals surface area contributed by atoms with Crippen LogP contribution in [0.5, 0.6) is 0 Å². The topological polar surface area (TPSA) is 52.7 Å². The van der Waals surface area contributed by atoms with Crippen molar-refractivity contribution in [2.24, 2.45) is 11.8 Å². The van der Waals surface area contributed by atoms with Crippen molar-refractivity contribution in [1.82, 2.24) is 4.90 Å². The summed E-state index contributed by atoms with van der Waals surface area (Å²) in [6.45, 7) is 11.1. The highest BCUT2D eigenvalue weighted by Crippen LogP contribution is 2.41. The second-order valence-corrected chi connectivity index (χ2v) is 7.22. The van der Waals surface area contributed by atoms with Crippen LogP contribution in [-0.4, -0.2) is 43.4 Å². The first-order valence-electron chi connectivity index (χ1n) is 9.84. The standard InChI is InChI=1S/C21H33N3O2/c1-6-9-12-23(5)21(26)18-14-17(18)20(25)22-19-11-10-16(13-15(19)4)24(7-2)8-3/h10-11,13,17-18H,6-9,12,14H2,1-5H3,(H,22,25). The van der Waals surface area contributed by atoms with Crippen LogP contribution in [-0.2, 0) is 9.59 Å². The molecular weight excluding hydrogens is 326 g/mol. The molecule has 2 atom stereocenters. The van der Waals surface area contributed by atoms with E-state index in [1.165, 1.54) is 5.69 Å². The number of nitrogens with zero attached hydrogens (tertiary/aromatic N) is 2. The zero-order valence-electron chi connectivity index (χ0n) is 16.8. The zero-order valence-corrected chi connectivity index (χ0v) is 16.8. The predicted molar refractivity (Wildman–Crippen MR) is 108 cm³/mol. The summed E-state index contributed by atoms with van der Waals surface area (Å²) in [6.07, 6.45) is 2.73. The number of anilines is 2. The first kappa shape index (κ1) is 20.3. The van der Waals surface area contributed by atoms with Crippen molar-refractivity contribution < 1.29 is 9.59 Å². The lowest BCUT2D eigenvalue weighted by Crippen LogP contribution is -2.30. The predicted octanol–water partition coefficient (Wildman–Crippen LogP) is 3.67. The van der Waals surface area contributed by atoms with E-state index in [-0.39, 0.29) is 23.7 Å². The summed E-state index contributed by atoms with van der Waals surface area (Å²) in [5.41, 5.74) is 3.05. The van der Waals surface area contributed by atoms with Gasteiger partial charge in [0, 0.05) is 38.1 Å². The van der Waals surface area contributed by atoms with Crippen molar-refractivity contribution in [3.8, 4) is 0 Å². The lowest BCUT2D eigenvalue weighted by molar-refractivity contribution is -0.132. The molecule has 1 saturated carbocycles. The van der Waals surface area contributed by atoms with Gasteiger partial charge in [0.15, 0.2) is 0 Å². The summed E-state index contributed by atoms with van der Waals surface area (Å²) in [5, 5.41) is 3.01. The molecule has 1 aliphatic carbocycles. The van der Waals surface area contributed by atoms with Crippen molar-refractivity contribution in [2.45, 2.75) is 47.0 Å². The van der Waals surface area contributed by atoms with Crippen molar-refractivity contribution in [3.63, 3.8) is 0 Å². The van der Waals surface area contributed by atoms with Gasteiger partial charge in [-0.1, -0.05) is 13.3 Å². The van der Waals surface area contributed by atoms with Crippen molar-refractivity contribution in [3.05, 3.63) is 23.8 Å². The van der Waals surface area contributed by atoms with Crippen LogP contribution in [0.1, 0.15) is 45.6 Å². The second-order valence-electron chi connectivity index (χ2n) is 7.22. The van der Waals surface area contributed by atoms with Gasteiger partial charge in [-0.25, -0.2) is 0 Å². The SMILES string of the molecule is CCCCN(C)C(=O)C1CC1C(=O)Nc1ccc(N(CC)CC)cc1C. The van der Waals surface area contributed by atoms with Crippen molar-refractivity contribution >= 4 is 23.2 Å². The molecule has 1 aromatic carbocycles. The maximum atomic E-state index is 12.5. The molecule has 0 saturated heterocycles. The number of nitrogens with one attached hydrogen (secondary N) is 1. The normalized spacial score (nSPS) is 18.3. The maximum absolute atomic E-state index is 12.5. The van der Waals surface area contributed by atoms with Gasteiger partial charge in [0.05, 0.1) is 11.8 Å². The van der Waals surface area contributed by atoms with Crippen molar-refractivity contribution in [2.75, 3.05) is 36.9 Å². The molecule has 0 aromatic heterocycles. The first-order valence-corrected chi connectivity index (χ1v) is 9.84. The Morgan fingerprint density at radius 2 is 1.85 bits per heavy atom. The average Bonchev–Trinajstić information content (AvgIpc) is 3.43. The van der Waals surface area contributed by atoms with E-state index in [4.69, 9.17) is 0 Å². The molecule has 0 heterocycles. The van der Waals surface area contributed by atoms with Crippen LogP contribution in [0.25, 0.3) is 0 Å². The number of unbranched alkanes of at least 4 members (excludes halogenated alkanes) is 1. The average molecular weight is 360 g/mol. The fraction of sp³-hybridized carbons (Fsp3) is 0.619. The van der Waals surface area contributed by atoms with Crippen molar-refractivity contribution in [1.29, 1.82) is 0 Å². The number of benzene rings is 1. The monoisotopic (exact) mass is 359 g/mol. The molecule has 0 bridgehead atoms. The summed E-state index contributed by atoms with van der Waals surface area (Å²) in [7, 11) is 1.83. The summed E-state index contributed by atoms with van der Waals surface area (Å²) in [4.78, 5) is 28.9. The molecule has 5 nitrogen and oxygen atoms in total. The molecule has 1 aliphatic rings. The number of rotatable bonds is 9. The van der Waals surface area contributed by atoms with Crippen LogP contribution in [0.3, 0.4) is 0 Å². The second kappa shape index (κ2) is 9.06. The Balaban J connectivity index is 1.94. The lowest BCUT2D eigenvalue weighted by atomic mass is 10.1. The zero-order chi connectivity index (χ0) is 19.3. The van der Waals surface area contributed by atoms with E-state index in [1.807, 2.05) is 26.1 Å². The van der Waals surface area contributed by atoms with Crippen LogP contribution >= 0.6 is 0 Å². The Morgan fingerprint density at radius 3 is 2.42 bits per heavy atom. The largest absolute Gasteiger partial charge is 0.372 e. The highest BCUT2D eigenvalue weighted by molar-refractivity contribution is 6.00. The van der Waals surface area contributed by atoms with Gasteiger partial charge in [0.2, 0.25) is 11.8 Å². The van der Waals surface area contributed by atoms with Crippen LogP contribution in [0.2, 0.25) is 0 Å². The number of carbonyl (C=O) groups is 2. The Bertz CT molecular complexity index is 640. The molecule has 0 spiro atoms. The highest BCUT2D eigenvalue weighted by Gasteiger charge is 2.49. The van der Waals surface area contributed by atoms with Crippen LogP contribution in [0.15, 0.2) is 18.2 Å². The van der Waals surface area contributed by atoms with Gasteiger partial charge in [-0.05, 0) is 57.4 Å². The Kier molecular flexibility index (Phi) is 7.06. The smallest absolute Gasteiger partial charge is 0.228 e. The van der Waals surface area contributed by atoms with Gasteiger partial charge in [-0.2, -0.15) is 0 Å². The van der Waals surface area contributed by atoms with Gasteiger partial charge in [0.1, 0.15) is 0 Å². The van der Waals surface area contributed by atoms with E-state index < -0.39 is 0 Å². The molecule has 0 aliphatic heterocycles. The number of carbonyl (C=O) groups excluding carboxylic acids is 2. The van der Waals surface area contributed by atoms with E-state index in [9.17, 15) is 9.59 Å². The van der Waals surface area contributed by atoms with Gasteiger partial charge in [0.25, 0.3) is 0 Å². The third-order valence-corrected chi connectivity index (χ3v) is 5.26. The minimum Gasteiger partial charge on any atom is -0.372 e. The summed E-state index contributed by atoms with van der Waals surface area (Å²) in [6, 6.07) is 6.12. The minimum absolute atomic E-state index is 0.0362. The van der Waals surface area contributed by atoms with Crippen LogP contribution in [0.4, 0.5) is 11.4 Å². The third kappa shape index (κ3) is 4.77. The van der Waals surface area contributed by atoms with E-state index in [0.717, 1.165) is 43.7 Å². The fourth-order valence-corrected chi connectivity index (χ4v) is 3.35. The number of amides is 2. The number of hydrogen-bond donors (Lipinski definition) is 1. The molecule has 5 heteroatoms. The molecule has 144 valence electrons. The first-order chi connectivity index (χ1) is 12.4. The minimum atomic E-state index is -0.187. The van der Waals surface area contributed by atoms with E-state index in [2.05, 4.69) is 37.1 Å². The van der Waals surface area contributed by atoms with E-state index in [1.54, 1.807) is 4.90 Å². The fourth-order valence-electron chi connectivity index (χ4n) is 3.35. The molecule has 1 aromatic rings. The van der Waals surface area contributed by atoms with Gasteiger partial charge in [-0.3, -0.25) is 9.59 Å².